The number of rotatable bonds is 14. The Hall–Kier alpha value is -0.760. The second-order valence-electron chi connectivity index (χ2n) is 26.5. The number of hydrogen-bond donors (Lipinski definition) is 11. The zero-order valence-corrected chi connectivity index (χ0v) is 51.4. The van der Waals surface area contributed by atoms with E-state index < -0.39 is 210 Å². The van der Waals surface area contributed by atoms with E-state index in [2.05, 4.69) is 11.1 Å². The number of aliphatic hydroxyl groups is 11. The number of allylic oxidation sites excluding steroid dienone is 1. The first kappa shape index (κ1) is 66.7. The first-order valence-electron chi connectivity index (χ1n) is 28.6. The number of cyclic esters (lactones) is 1. The van der Waals surface area contributed by atoms with Gasteiger partial charge in [-0.25, -0.2) is 8.42 Å². The van der Waals surface area contributed by atoms with Crippen molar-refractivity contribution in [3.05, 3.63) is 11.6 Å². The number of carbonyl (C=O) groups excluding carboxylic acids is 1. The van der Waals surface area contributed by atoms with Gasteiger partial charge in [-0.2, -0.15) is 0 Å². The van der Waals surface area contributed by atoms with Crippen molar-refractivity contribution < 1.29 is 160 Å². The summed E-state index contributed by atoms with van der Waals surface area (Å²) in [5.74, 6) is -0.989. The van der Waals surface area contributed by atoms with Crippen molar-refractivity contribution in [3.8, 4) is 0 Å². The quantitative estimate of drug-likeness (QED) is 0.0193. The average molecular weight is 1220 g/mol. The molecule has 29 heteroatoms. The van der Waals surface area contributed by atoms with Crippen LogP contribution >= 0.6 is 0 Å². The van der Waals surface area contributed by atoms with Crippen LogP contribution in [0.3, 0.4) is 0 Å². The molecule has 11 N–H and O–H groups in total. The molecule has 6 heterocycles. The van der Waals surface area contributed by atoms with E-state index in [0.717, 1.165) is 5.57 Å². The van der Waals surface area contributed by atoms with Crippen LogP contribution in [0.5, 0.6) is 0 Å². The SMILES string of the molecule is COC1C(O)[C@H](OC2C(O)[C@H](O[C@@H]3C(C)O[C@@H](OC4C(O)[C@H](OS(=O)(=O)[O-])CO[C@H]4O[C@H]4CC[C@]5(C)C6=C[C@H](O)C78C(=O)O[C@@](C)([C@@H]9CCC(C)(C)O9)[C@@]7(O)CC[C@@]8(C)[C@@H]6CCC5C4(C)C)C(O)C3O)OC(CO)[C@H]2O)OC(CO)[C@H]1O.[Na+]. The number of ether oxygens (including phenoxy) is 11. The average Bonchev–Trinajstić information content (AvgIpc) is 1.51. The Morgan fingerprint density at radius 1 is 0.675 bits per heavy atom. The van der Waals surface area contributed by atoms with Crippen LogP contribution in [0.15, 0.2) is 11.6 Å². The molecule has 1 spiro atoms. The molecule has 0 aromatic carbocycles. The van der Waals surface area contributed by atoms with Crippen molar-refractivity contribution in [3.63, 3.8) is 0 Å². The Kier molecular flexibility index (Phi) is 18.9. The molecule has 29 atom stereocenters. The summed E-state index contributed by atoms with van der Waals surface area (Å²) in [5.41, 5.74) is -6.53. The van der Waals surface area contributed by atoms with E-state index >= 15 is 0 Å². The number of fused-ring (bicyclic) bond motifs is 4. The summed E-state index contributed by atoms with van der Waals surface area (Å²) >= 11 is 0. The van der Waals surface area contributed by atoms with E-state index in [9.17, 15) is 73.9 Å². The molecule has 0 radical (unpaired) electrons. The van der Waals surface area contributed by atoms with Gasteiger partial charge >= 0.3 is 35.5 Å². The Morgan fingerprint density at radius 2 is 1.27 bits per heavy atom. The third-order valence-electron chi connectivity index (χ3n) is 21.4. The summed E-state index contributed by atoms with van der Waals surface area (Å²) in [6.07, 6.45) is -29.4. The molecule has 10 rings (SSSR count). The van der Waals surface area contributed by atoms with Gasteiger partial charge in [-0.05, 0) is 107 Å². The van der Waals surface area contributed by atoms with Crippen LogP contribution in [-0.2, 0) is 71.5 Å². The van der Waals surface area contributed by atoms with Crippen LogP contribution in [0, 0.1) is 33.5 Å². The molecule has 6 saturated heterocycles. The number of carbonyl (C=O) groups is 1. The van der Waals surface area contributed by atoms with Gasteiger partial charge in [0.05, 0.1) is 43.7 Å². The predicted octanol–water partition coefficient (Wildman–Crippen LogP) is -5.60. The zero-order chi connectivity index (χ0) is 60.0. The molecule has 0 aromatic heterocycles. The Labute approximate surface area is 504 Å². The molecule has 0 aromatic rings. The fourth-order valence-electron chi connectivity index (χ4n) is 17.0. The second kappa shape index (κ2) is 23.5. The monoisotopic (exact) mass is 1220 g/mol. The van der Waals surface area contributed by atoms with Gasteiger partial charge in [0.2, 0.25) is 10.4 Å². The third-order valence-corrected chi connectivity index (χ3v) is 21.8. The van der Waals surface area contributed by atoms with E-state index in [1.807, 2.05) is 34.6 Å². The molecular weight excluding hydrogens is 1140 g/mol. The molecule has 9 fully saturated rings. The summed E-state index contributed by atoms with van der Waals surface area (Å²) in [5, 5.41) is 125. The summed E-state index contributed by atoms with van der Waals surface area (Å²) in [7, 11) is -4.27. The molecule has 6 aliphatic heterocycles. The topological polar surface area (TPSA) is 408 Å². The van der Waals surface area contributed by atoms with Crippen LogP contribution in [0.2, 0.25) is 0 Å². The van der Waals surface area contributed by atoms with Crippen molar-refractivity contribution in [1.82, 2.24) is 0 Å². The summed E-state index contributed by atoms with van der Waals surface area (Å²) in [4.78, 5) is 14.7. The summed E-state index contributed by atoms with van der Waals surface area (Å²) < 4.78 is 106. The van der Waals surface area contributed by atoms with Crippen molar-refractivity contribution in [2.24, 2.45) is 33.5 Å². The molecule has 13 unspecified atom stereocenters. The fraction of sp³-hybridized carbons (Fsp3) is 0.944. The maximum atomic E-state index is 14.7. The molecule has 4 aliphatic carbocycles. The van der Waals surface area contributed by atoms with Gasteiger partial charge in [0, 0.05) is 7.11 Å². The second-order valence-corrected chi connectivity index (χ2v) is 27.5. The predicted molar refractivity (Wildman–Crippen MR) is 271 cm³/mol. The van der Waals surface area contributed by atoms with Gasteiger partial charge in [0.25, 0.3) is 0 Å². The van der Waals surface area contributed by atoms with Crippen LogP contribution in [0.4, 0.5) is 0 Å². The molecule has 10 aliphatic rings. The maximum Gasteiger partial charge on any atom is 1.00 e. The first-order chi connectivity index (χ1) is 38.2. The van der Waals surface area contributed by atoms with E-state index in [4.69, 9.17) is 52.1 Å². The van der Waals surface area contributed by atoms with Crippen molar-refractivity contribution in [1.29, 1.82) is 0 Å². The summed E-state index contributed by atoms with van der Waals surface area (Å²) in [6.45, 7) is 13.0. The van der Waals surface area contributed by atoms with Crippen molar-refractivity contribution >= 4 is 16.4 Å². The maximum absolute atomic E-state index is 14.7. The molecule has 0 bridgehead atoms. The normalized spacial score (nSPS) is 53.0. The van der Waals surface area contributed by atoms with Gasteiger partial charge in [0.1, 0.15) is 103 Å². The van der Waals surface area contributed by atoms with E-state index in [1.54, 1.807) is 13.0 Å². The number of esters is 1. The minimum absolute atomic E-state index is 0. The van der Waals surface area contributed by atoms with Gasteiger partial charge in [-0.3, -0.25) is 8.98 Å². The molecule has 0 amide bonds. The van der Waals surface area contributed by atoms with Crippen LogP contribution in [-0.4, -0.2) is 254 Å². The van der Waals surface area contributed by atoms with Gasteiger partial charge < -0.3 is 113 Å². The number of aliphatic hydroxyl groups excluding tert-OH is 10. The van der Waals surface area contributed by atoms with Crippen LogP contribution < -0.4 is 29.6 Å². The number of methoxy groups -OCH3 is 1. The third kappa shape index (κ3) is 10.5. The molecule has 83 heavy (non-hydrogen) atoms. The molecule has 3 saturated carbocycles. The van der Waals surface area contributed by atoms with E-state index in [1.165, 1.54) is 14.0 Å². The van der Waals surface area contributed by atoms with E-state index in [-0.39, 0.29) is 47.8 Å². The van der Waals surface area contributed by atoms with Crippen LogP contribution in [0.1, 0.15) is 107 Å². The Morgan fingerprint density at radius 3 is 1.86 bits per heavy atom. The standard InChI is InChI=1S/C54H86O27S.Na/c1-22-39(76-45-38(64)41(33(59)26(20-56)74-45)77-44-37(63)40(70-9)32(58)25(19-55)73-44)35(61)36(62)43(72-22)78-42-34(60)27(81-82(67,68)69)21-71-46(42)75-30-13-15-50(6)24-18-29(57)54-47(65)80-52(8,31-12-14-48(2,3)79-31)53(54,66)17-16-51(54,7)23(24)10-11-28(50)49(30,4)5;/h18,22-23,25-46,55-64,66H,10-17,19-21H2,1-9H3,(H,67,68,69);/q;+1/p-1/t22?,23-,25?,26?,27-,28?,29+,30+,31+,32-,33-,34?,35?,36?,37?,38?,39-,40?,41?,42?,43+,44+,45+,46+,50-,51+,52+,53+,54?;/m1./s1. The Bertz CT molecular complexity index is 2490. The minimum Gasteiger partial charge on any atom is -0.726 e. The van der Waals surface area contributed by atoms with E-state index in [0.29, 0.717) is 44.9 Å². The van der Waals surface area contributed by atoms with Gasteiger partial charge in [0.15, 0.2) is 30.8 Å². The molecule has 470 valence electrons. The zero-order valence-electron chi connectivity index (χ0n) is 48.6. The van der Waals surface area contributed by atoms with Crippen molar-refractivity contribution in [2.75, 3.05) is 26.9 Å². The minimum atomic E-state index is -5.44. The van der Waals surface area contributed by atoms with Gasteiger partial charge in [-0.1, -0.05) is 39.3 Å². The van der Waals surface area contributed by atoms with Crippen LogP contribution in [0.25, 0.3) is 0 Å². The number of hydrogen-bond acceptors (Lipinski definition) is 27. The smallest absolute Gasteiger partial charge is 0.726 e. The summed E-state index contributed by atoms with van der Waals surface area (Å²) in [6, 6.07) is 0. The molecular formula is C54H85NaO27S. The van der Waals surface area contributed by atoms with Gasteiger partial charge in [-0.15, -0.1) is 0 Å². The Balaban J connectivity index is 0.00000828. The largest absolute Gasteiger partial charge is 1.00 e. The molecule has 27 nitrogen and oxygen atoms in total. The van der Waals surface area contributed by atoms with Crippen molar-refractivity contribution in [2.45, 2.75) is 259 Å². The fourth-order valence-corrected chi connectivity index (χ4v) is 17.4. The first-order valence-corrected chi connectivity index (χ1v) is 29.9.